The van der Waals surface area contributed by atoms with Gasteiger partial charge in [0.15, 0.2) is 0 Å². The number of aromatic nitrogens is 1. The molecule has 1 aromatic heterocycles. The minimum atomic E-state index is -0.476. The first-order chi connectivity index (χ1) is 12.9. The number of carbonyl (C=O) groups is 1. The Labute approximate surface area is 161 Å². The predicted molar refractivity (Wildman–Crippen MR) is 104 cm³/mol. The summed E-state index contributed by atoms with van der Waals surface area (Å²) in [6.07, 6.45) is 0.700. The Morgan fingerprint density at radius 3 is 2.56 bits per heavy atom. The van der Waals surface area contributed by atoms with E-state index in [-0.39, 0.29) is 6.09 Å². The lowest BCUT2D eigenvalue weighted by Crippen LogP contribution is -2.33. The quantitative estimate of drug-likeness (QED) is 0.810. The molecule has 5 heteroatoms. The lowest BCUT2D eigenvalue weighted by molar-refractivity contribution is 0.0240. The van der Waals surface area contributed by atoms with Gasteiger partial charge in [-0.2, -0.15) is 0 Å². The molecule has 0 fully saturated rings. The molecule has 2 aliphatic heterocycles. The SMILES string of the molecule is CC(C)(C)OC(=O)N1Cc2cc3c(nc2C1)CCN(Cc1ccccc1)C3. The predicted octanol–water partition coefficient (Wildman–Crippen LogP) is 3.89. The first-order valence-corrected chi connectivity index (χ1v) is 9.62. The van der Waals surface area contributed by atoms with Gasteiger partial charge < -0.3 is 4.74 Å². The van der Waals surface area contributed by atoms with Crippen LogP contribution in [0.1, 0.15) is 48.8 Å². The number of carbonyl (C=O) groups excluding carboxylic acids is 1. The van der Waals surface area contributed by atoms with Crippen molar-refractivity contribution in [3.63, 3.8) is 0 Å². The molecule has 0 bridgehead atoms. The Bertz CT molecular complexity index is 843. The molecule has 0 atom stereocenters. The normalized spacial score (nSPS) is 16.8. The van der Waals surface area contributed by atoms with Gasteiger partial charge in [-0.15, -0.1) is 0 Å². The molecule has 0 saturated carbocycles. The van der Waals surface area contributed by atoms with Crippen molar-refractivity contribution < 1.29 is 9.53 Å². The van der Waals surface area contributed by atoms with Gasteiger partial charge in [0.2, 0.25) is 0 Å². The minimum Gasteiger partial charge on any atom is -0.444 e. The summed E-state index contributed by atoms with van der Waals surface area (Å²) < 4.78 is 5.51. The van der Waals surface area contributed by atoms with Gasteiger partial charge in [-0.3, -0.25) is 14.8 Å². The highest BCUT2D eigenvalue weighted by Crippen LogP contribution is 2.28. The molecule has 4 rings (SSSR count). The average Bonchev–Trinajstić information content (AvgIpc) is 3.02. The lowest BCUT2D eigenvalue weighted by Gasteiger charge is -2.28. The van der Waals surface area contributed by atoms with Crippen molar-refractivity contribution in [2.24, 2.45) is 0 Å². The molecule has 0 radical (unpaired) electrons. The van der Waals surface area contributed by atoms with E-state index in [2.05, 4.69) is 41.3 Å². The number of hydrogen-bond acceptors (Lipinski definition) is 4. The van der Waals surface area contributed by atoms with Crippen molar-refractivity contribution in [3.8, 4) is 0 Å². The topological polar surface area (TPSA) is 45.7 Å². The fourth-order valence-electron chi connectivity index (χ4n) is 3.77. The molecule has 1 aromatic carbocycles. The molecule has 0 N–H and O–H groups in total. The third kappa shape index (κ3) is 4.14. The number of nitrogens with zero attached hydrogens (tertiary/aromatic N) is 3. The zero-order chi connectivity index (χ0) is 19.0. The number of hydrogen-bond donors (Lipinski definition) is 0. The van der Waals surface area contributed by atoms with Crippen LogP contribution in [-0.4, -0.2) is 33.0 Å². The van der Waals surface area contributed by atoms with Gasteiger partial charge in [-0.25, -0.2) is 4.79 Å². The van der Waals surface area contributed by atoms with Crippen molar-refractivity contribution in [2.75, 3.05) is 6.54 Å². The van der Waals surface area contributed by atoms with E-state index >= 15 is 0 Å². The number of fused-ring (bicyclic) bond motifs is 2. The van der Waals surface area contributed by atoms with Crippen LogP contribution in [-0.2, 0) is 37.3 Å². The molecule has 0 spiro atoms. The third-order valence-corrected chi connectivity index (χ3v) is 5.02. The summed E-state index contributed by atoms with van der Waals surface area (Å²) >= 11 is 0. The smallest absolute Gasteiger partial charge is 0.410 e. The Morgan fingerprint density at radius 1 is 1.07 bits per heavy atom. The molecule has 0 unspecified atom stereocenters. The number of pyridine rings is 1. The first-order valence-electron chi connectivity index (χ1n) is 9.62. The van der Waals surface area contributed by atoms with Crippen LogP contribution < -0.4 is 0 Å². The average molecular weight is 365 g/mol. The van der Waals surface area contributed by atoms with Crippen LogP contribution in [0, 0.1) is 0 Å². The Balaban J connectivity index is 1.46. The highest BCUT2D eigenvalue weighted by atomic mass is 16.6. The molecule has 3 heterocycles. The van der Waals surface area contributed by atoms with Crippen molar-refractivity contribution >= 4 is 6.09 Å². The molecule has 27 heavy (non-hydrogen) atoms. The summed E-state index contributed by atoms with van der Waals surface area (Å²) in [6.45, 7) is 9.71. The van der Waals surface area contributed by atoms with E-state index in [1.807, 2.05) is 20.8 Å². The van der Waals surface area contributed by atoms with Gasteiger partial charge in [0.05, 0.1) is 18.8 Å². The second-order valence-corrected chi connectivity index (χ2v) is 8.48. The summed E-state index contributed by atoms with van der Waals surface area (Å²) in [7, 11) is 0. The maximum atomic E-state index is 12.4. The van der Waals surface area contributed by atoms with Crippen molar-refractivity contribution in [3.05, 3.63) is 64.5 Å². The van der Waals surface area contributed by atoms with Gasteiger partial charge in [0, 0.05) is 31.7 Å². The van der Waals surface area contributed by atoms with Crippen LogP contribution in [0.5, 0.6) is 0 Å². The van der Waals surface area contributed by atoms with E-state index in [0.29, 0.717) is 13.1 Å². The van der Waals surface area contributed by atoms with Crippen LogP contribution in [0.4, 0.5) is 4.79 Å². The van der Waals surface area contributed by atoms with E-state index < -0.39 is 5.60 Å². The van der Waals surface area contributed by atoms with Crippen molar-refractivity contribution in [2.45, 2.75) is 59.0 Å². The maximum absolute atomic E-state index is 12.4. The molecular weight excluding hydrogens is 338 g/mol. The molecule has 1 amide bonds. The van der Waals surface area contributed by atoms with Gasteiger partial charge in [-0.1, -0.05) is 30.3 Å². The molecule has 0 saturated heterocycles. The molecule has 0 aliphatic carbocycles. The lowest BCUT2D eigenvalue weighted by atomic mass is 10.0. The van der Waals surface area contributed by atoms with Gasteiger partial charge in [0.1, 0.15) is 5.60 Å². The van der Waals surface area contributed by atoms with Gasteiger partial charge >= 0.3 is 6.09 Å². The van der Waals surface area contributed by atoms with Crippen LogP contribution in [0.2, 0.25) is 0 Å². The molecule has 5 nitrogen and oxygen atoms in total. The molecular formula is C22H27N3O2. The summed E-state index contributed by atoms with van der Waals surface area (Å²) in [5.41, 5.74) is 5.52. The zero-order valence-corrected chi connectivity index (χ0v) is 16.4. The van der Waals surface area contributed by atoms with Crippen LogP contribution in [0.3, 0.4) is 0 Å². The van der Waals surface area contributed by atoms with E-state index in [0.717, 1.165) is 37.3 Å². The monoisotopic (exact) mass is 365 g/mol. The van der Waals surface area contributed by atoms with E-state index in [9.17, 15) is 4.79 Å². The second-order valence-electron chi connectivity index (χ2n) is 8.48. The second kappa shape index (κ2) is 6.97. The van der Waals surface area contributed by atoms with Crippen molar-refractivity contribution in [1.29, 1.82) is 0 Å². The molecule has 2 aliphatic rings. The van der Waals surface area contributed by atoms with Crippen LogP contribution in [0.15, 0.2) is 36.4 Å². The summed E-state index contributed by atoms with van der Waals surface area (Å²) in [6, 6.07) is 12.8. The number of benzene rings is 1. The first kappa shape index (κ1) is 18.0. The fraction of sp³-hybridized carbons (Fsp3) is 0.455. The zero-order valence-electron chi connectivity index (χ0n) is 16.4. The van der Waals surface area contributed by atoms with Gasteiger partial charge in [-0.05, 0) is 43.5 Å². The number of amides is 1. The molecule has 2 aromatic rings. The highest BCUT2D eigenvalue weighted by molar-refractivity contribution is 5.69. The third-order valence-electron chi connectivity index (χ3n) is 5.02. The Morgan fingerprint density at radius 2 is 1.81 bits per heavy atom. The summed E-state index contributed by atoms with van der Waals surface area (Å²) in [5, 5.41) is 0. The Hall–Kier alpha value is -2.40. The summed E-state index contributed by atoms with van der Waals surface area (Å²) in [5.74, 6) is 0. The van der Waals surface area contributed by atoms with Crippen LogP contribution in [0.25, 0.3) is 0 Å². The van der Waals surface area contributed by atoms with Crippen LogP contribution >= 0.6 is 0 Å². The summed E-state index contributed by atoms with van der Waals surface area (Å²) in [4.78, 5) is 21.5. The largest absolute Gasteiger partial charge is 0.444 e. The highest BCUT2D eigenvalue weighted by Gasteiger charge is 2.30. The van der Waals surface area contributed by atoms with Crippen molar-refractivity contribution in [1.82, 2.24) is 14.8 Å². The Kier molecular flexibility index (Phi) is 4.64. The minimum absolute atomic E-state index is 0.260. The standard InChI is InChI=1S/C22H27N3O2/c1-22(2,3)27-21(26)25-14-18-11-17-13-24(12-16-7-5-4-6-8-16)10-9-19(17)23-20(18)15-25/h4-8,11H,9-10,12-15H2,1-3H3. The number of rotatable bonds is 2. The van der Waals surface area contributed by atoms with E-state index in [4.69, 9.17) is 9.72 Å². The fourth-order valence-corrected chi connectivity index (χ4v) is 3.77. The molecule has 142 valence electrons. The van der Waals surface area contributed by atoms with E-state index in [1.54, 1.807) is 4.90 Å². The number of ether oxygens (including phenoxy) is 1. The van der Waals surface area contributed by atoms with Gasteiger partial charge in [0.25, 0.3) is 0 Å². The maximum Gasteiger partial charge on any atom is 0.410 e. The van der Waals surface area contributed by atoms with E-state index in [1.165, 1.54) is 16.8 Å².